The van der Waals surface area contributed by atoms with Crippen molar-refractivity contribution in [3.05, 3.63) is 47.0 Å². The Hall–Kier alpha value is -2.18. The smallest absolute Gasteiger partial charge is 0.237 e. The predicted octanol–water partition coefficient (Wildman–Crippen LogP) is 5.91. The number of aryl methyl sites for hydroxylation is 1. The van der Waals surface area contributed by atoms with Crippen LogP contribution in [-0.2, 0) is 9.59 Å². The fraction of sp³-hybridized carbons (Fsp3) is 0.364. The lowest BCUT2D eigenvalue weighted by Gasteiger charge is -2.16. The van der Waals surface area contributed by atoms with Crippen molar-refractivity contribution >= 4 is 46.6 Å². The van der Waals surface area contributed by atoms with Crippen LogP contribution < -0.4 is 15.4 Å². The lowest BCUT2D eigenvalue weighted by atomic mass is 10.2. The van der Waals surface area contributed by atoms with Crippen molar-refractivity contribution < 1.29 is 14.3 Å². The van der Waals surface area contributed by atoms with E-state index in [2.05, 4.69) is 17.6 Å². The number of carbonyl (C=O) groups excluding carboxylic acids is 2. The maximum Gasteiger partial charge on any atom is 0.237 e. The van der Waals surface area contributed by atoms with Crippen molar-refractivity contribution in [2.24, 2.45) is 0 Å². The third-order valence-electron chi connectivity index (χ3n) is 4.30. The van der Waals surface area contributed by atoms with Gasteiger partial charge in [0.15, 0.2) is 0 Å². The Morgan fingerprint density at radius 1 is 1.21 bits per heavy atom. The molecule has 2 aromatic rings. The number of anilines is 2. The highest BCUT2D eigenvalue weighted by Gasteiger charge is 2.17. The van der Waals surface area contributed by atoms with Gasteiger partial charge >= 0.3 is 0 Å². The molecule has 2 amide bonds. The van der Waals surface area contributed by atoms with Crippen LogP contribution in [0, 0.1) is 6.92 Å². The Morgan fingerprint density at radius 2 is 1.97 bits per heavy atom. The number of thioether (sulfide) groups is 1. The first-order chi connectivity index (χ1) is 13.8. The topological polar surface area (TPSA) is 67.4 Å². The highest BCUT2D eigenvalue weighted by molar-refractivity contribution is 8.00. The minimum absolute atomic E-state index is 0.00462. The maximum absolute atomic E-state index is 12.7. The van der Waals surface area contributed by atoms with Crippen molar-refractivity contribution in [1.82, 2.24) is 0 Å². The van der Waals surface area contributed by atoms with Crippen molar-refractivity contribution in [1.29, 1.82) is 0 Å². The molecule has 2 rings (SSSR count). The van der Waals surface area contributed by atoms with E-state index in [1.165, 1.54) is 18.9 Å². The van der Waals surface area contributed by atoms with Gasteiger partial charge in [-0.1, -0.05) is 31.0 Å². The lowest BCUT2D eigenvalue weighted by molar-refractivity contribution is -0.116. The Balaban J connectivity index is 2.02. The highest BCUT2D eigenvalue weighted by atomic mass is 35.5. The summed E-state index contributed by atoms with van der Waals surface area (Å²) >= 11 is 7.54. The zero-order valence-corrected chi connectivity index (χ0v) is 18.7. The number of carbonyl (C=O) groups is 2. The van der Waals surface area contributed by atoms with E-state index in [1.807, 2.05) is 38.1 Å². The molecule has 0 aliphatic heterocycles. The fourth-order valence-corrected chi connectivity index (χ4v) is 3.71. The number of hydrogen-bond donors (Lipinski definition) is 2. The molecule has 0 spiro atoms. The molecule has 0 aliphatic rings. The van der Waals surface area contributed by atoms with Crippen LogP contribution in [0.3, 0.4) is 0 Å². The number of ether oxygens (including phenoxy) is 1. The first-order valence-electron chi connectivity index (χ1n) is 9.55. The van der Waals surface area contributed by atoms with Crippen molar-refractivity contribution in [2.45, 2.75) is 50.2 Å². The van der Waals surface area contributed by atoms with Crippen LogP contribution in [-0.4, -0.2) is 24.2 Å². The SMILES string of the molecule is CCCCC(=O)Nc1cccc(SC(C)C(=O)Nc2cc(C)c(Cl)cc2OC)c1. The third-order valence-corrected chi connectivity index (χ3v) is 5.80. The second kappa shape index (κ2) is 11.1. The molecule has 0 bridgehead atoms. The van der Waals surface area contributed by atoms with Gasteiger partial charge in [-0.05, 0) is 50.1 Å². The average Bonchev–Trinajstić information content (AvgIpc) is 2.69. The summed E-state index contributed by atoms with van der Waals surface area (Å²) in [6.45, 7) is 5.76. The molecule has 29 heavy (non-hydrogen) atoms. The van der Waals surface area contributed by atoms with E-state index in [4.69, 9.17) is 16.3 Å². The molecule has 0 aromatic heterocycles. The van der Waals surface area contributed by atoms with Gasteiger partial charge in [0.2, 0.25) is 11.8 Å². The van der Waals surface area contributed by atoms with Crippen molar-refractivity contribution in [2.75, 3.05) is 17.7 Å². The Labute approximate surface area is 181 Å². The molecule has 1 unspecified atom stereocenters. The molecule has 0 saturated carbocycles. The molecule has 7 heteroatoms. The summed E-state index contributed by atoms with van der Waals surface area (Å²) in [6, 6.07) is 11.0. The first kappa shape index (κ1) is 23.1. The van der Waals surface area contributed by atoms with Crippen LogP contribution in [0.1, 0.15) is 38.7 Å². The van der Waals surface area contributed by atoms with Crippen molar-refractivity contribution in [3.8, 4) is 5.75 Å². The molecule has 2 N–H and O–H groups in total. The largest absolute Gasteiger partial charge is 0.495 e. The van der Waals surface area contributed by atoms with E-state index in [0.29, 0.717) is 22.9 Å². The van der Waals surface area contributed by atoms with Gasteiger partial charge in [0, 0.05) is 28.1 Å². The van der Waals surface area contributed by atoms with Crippen LogP contribution in [0.5, 0.6) is 5.75 Å². The number of methoxy groups -OCH3 is 1. The lowest BCUT2D eigenvalue weighted by Crippen LogP contribution is -2.22. The number of benzene rings is 2. The third kappa shape index (κ3) is 6.98. The van der Waals surface area contributed by atoms with Crippen LogP contribution in [0.4, 0.5) is 11.4 Å². The van der Waals surface area contributed by atoms with E-state index >= 15 is 0 Å². The molecule has 0 heterocycles. The summed E-state index contributed by atoms with van der Waals surface area (Å²) in [4.78, 5) is 25.5. The van der Waals surface area contributed by atoms with Crippen LogP contribution in [0.25, 0.3) is 0 Å². The summed E-state index contributed by atoms with van der Waals surface area (Å²) in [5.74, 6) is 0.375. The standard InChI is InChI=1S/C22H27ClN2O3S/c1-5-6-10-21(26)24-16-8-7-9-17(12-16)29-15(3)22(27)25-19-11-14(2)18(23)13-20(19)28-4/h7-9,11-13,15H,5-6,10H2,1-4H3,(H,24,26)(H,25,27). The van der Waals surface area contributed by atoms with E-state index in [-0.39, 0.29) is 17.1 Å². The van der Waals surface area contributed by atoms with Gasteiger partial charge < -0.3 is 15.4 Å². The normalized spacial score (nSPS) is 11.6. The van der Waals surface area contributed by atoms with Crippen molar-refractivity contribution in [3.63, 3.8) is 0 Å². The molecule has 0 aliphatic carbocycles. The van der Waals surface area contributed by atoms with E-state index < -0.39 is 0 Å². The quantitative estimate of drug-likeness (QED) is 0.482. The van der Waals surface area contributed by atoms with Gasteiger partial charge in [0.05, 0.1) is 18.0 Å². The van der Waals surface area contributed by atoms with Crippen LogP contribution in [0.15, 0.2) is 41.3 Å². The first-order valence-corrected chi connectivity index (χ1v) is 10.8. The number of unbranched alkanes of at least 4 members (excludes halogenated alkanes) is 1. The molecule has 1 atom stereocenters. The summed E-state index contributed by atoms with van der Waals surface area (Å²) in [7, 11) is 1.54. The van der Waals surface area contributed by atoms with Crippen LogP contribution >= 0.6 is 23.4 Å². The summed E-state index contributed by atoms with van der Waals surface area (Å²) in [6.07, 6.45) is 2.36. The second-order valence-electron chi connectivity index (χ2n) is 6.73. The Kier molecular flexibility index (Phi) is 8.86. The van der Waals surface area contributed by atoms with Gasteiger partial charge in [-0.15, -0.1) is 11.8 Å². The average molecular weight is 435 g/mol. The van der Waals surface area contributed by atoms with Gasteiger partial charge in [-0.3, -0.25) is 9.59 Å². The number of hydrogen-bond acceptors (Lipinski definition) is 4. The number of rotatable bonds is 9. The van der Waals surface area contributed by atoms with Gasteiger partial charge in [-0.2, -0.15) is 0 Å². The molecule has 156 valence electrons. The molecule has 5 nitrogen and oxygen atoms in total. The molecule has 0 fully saturated rings. The summed E-state index contributed by atoms with van der Waals surface area (Å²) < 4.78 is 5.31. The molecule has 2 aromatic carbocycles. The zero-order chi connectivity index (χ0) is 21.4. The summed E-state index contributed by atoms with van der Waals surface area (Å²) in [5.41, 5.74) is 2.18. The maximum atomic E-state index is 12.7. The summed E-state index contributed by atoms with van der Waals surface area (Å²) in [5, 5.41) is 6.05. The molecule has 0 radical (unpaired) electrons. The van der Waals surface area contributed by atoms with Gasteiger partial charge in [0.1, 0.15) is 5.75 Å². The molecule has 0 saturated heterocycles. The zero-order valence-electron chi connectivity index (χ0n) is 17.2. The molecular formula is C22H27ClN2O3S. The number of amides is 2. The Morgan fingerprint density at radius 3 is 2.66 bits per heavy atom. The van der Waals surface area contributed by atoms with Gasteiger partial charge in [-0.25, -0.2) is 0 Å². The Bertz CT molecular complexity index is 873. The van der Waals surface area contributed by atoms with E-state index in [1.54, 1.807) is 12.1 Å². The highest BCUT2D eigenvalue weighted by Crippen LogP contribution is 2.32. The second-order valence-corrected chi connectivity index (χ2v) is 8.55. The minimum atomic E-state index is -0.346. The van der Waals surface area contributed by atoms with Crippen LogP contribution in [0.2, 0.25) is 5.02 Å². The minimum Gasteiger partial charge on any atom is -0.495 e. The number of halogens is 1. The fourth-order valence-electron chi connectivity index (χ4n) is 2.63. The molecular weight excluding hydrogens is 408 g/mol. The monoisotopic (exact) mass is 434 g/mol. The van der Waals surface area contributed by atoms with E-state index in [9.17, 15) is 9.59 Å². The predicted molar refractivity (Wildman–Crippen MR) is 121 cm³/mol. The number of nitrogens with one attached hydrogen (secondary N) is 2. The van der Waals surface area contributed by atoms with Gasteiger partial charge in [0.25, 0.3) is 0 Å². The van der Waals surface area contributed by atoms with E-state index in [0.717, 1.165) is 29.0 Å².